The number of carboxylic acids is 1. The summed E-state index contributed by atoms with van der Waals surface area (Å²) >= 11 is 0. The Labute approximate surface area is 350 Å². The molecular weight excluding hydrogens is 715 g/mol. The number of rotatable bonds is 41. The van der Waals surface area contributed by atoms with E-state index in [0.717, 1.165) is 64.2 Å². The summed E-state index contributed by atoms with van der Waals surface area (Å²) in [7, 11) is 5.53. The van der Waals surface area contributed by atoms with Crippen molar-refractivity contribution >= 4 is 17.9 Å². The van der Waals surface area contributed by atoms with Gasteiger partial charge in [-0.15, -0.1) is 0 Å². The maximum Gasteiger partial charge on any atom is 0.362 e. The zero-order chi connectivity index (χ0) is 42.1. The summed E-state index contributed by atoms with van der Waals surface area (Å²) in [5, 5.41) is 9.62. The first-order valence-electron chi connectivity index (χ1n) is 23.2. The number of nitrogens with zero attached hydrogens (tertiary/aromatic N) is 1. The van der Waals surface area contributed by atoms with E-state index in [-0.39, 0.29) is 36.2 Å². The molecule has 0 saturated heterocycles. The van der Waals surface area contributed by atoms with Crippen molar-refractivity contribution in [3.8, 4) is 0 Å². The quantitative estimate of drug-likeness (QED) is 0.0284. The van der Waals surface area contributed by atoms with Crippen LogP contribution in [0.15, 0.2) is 48.6 Å². The molecule has 0 aliphatic rings. The van der Waals surface area contributed by atoms with Gasteiger partial charge in [0.15, 0.2) is 12.1 Å². The largest absolute Gasteiger partial charge is 0.477 e. The number of carboxylic acid groups (broad SMARTS) is 1. The predicted molar refractivity (Wildman–Crippen MR) is 238 cm³/mol. The van der Waals surface area contributed by atoms with Gasteiger partial charge >= 0.3 is 17.9 Å². The van der Waals surface area contributed by atoms with Gasteiger partial charge in [0.05, 0.1) is 34.4 Å². The average Bonchev–Trinajstić information content (AvgIpc) is 3.17. The Morgan fingerprint density at radius 1 is 0.544 bits per heavy atom. The SMILES string of the molecule is CC/C=C/C/C=C/C/C=C/C/C=C/CCCCCCCCCCCCC(=O)OC(COCCC(C(=O)O)[N+](C)(C)C)COC(=O)CCCCCCCCCCCC. The first-order valence-corrected chi connectivity index (χ1v) is 23.2. The molecule has 2 unspecified atom stereocenters. The zero-order valence-electron chi connectivity index (χ0n) is 37.5. The van der Waals surface area contributed by atoms with Gasteiger partial charge in [-0.3, -0.25) is 9.59 Å². The van der Waals surface area contributed by atoms with Crippen LogP contribution in [0.4, 0.5) is 0 Å². The summed E-state index contributed by atoms with van der Waals surface area (Å²) in [6, 6.07) is -0.614. The third-order valence-corrected chi connectivity index (χ3v) is 10.2. The molecule has 330 valence electrons. The summed E-state index contributed by atoms with van der Waals surface area (Å²) in [5.41, 5.74) is 0. The lowest BCUT2D eigenvalue weighted by Gasteiger charge is -2.31. The van der Waals surface area contributed by atoms with E-state index in [4.69, 9.17) is 14.2 Å². The lowest BCUT2D eigenvalue weighted by Crippen LogP contribution is -2.50. The molecule has 0 aliphatic carbocycles. The lowest BCUT2D eigenvalue weighted by molar-refractivity contribution is -0.887. The normalized spacial score (nSPS) is 13.4. The topological polar surface area (TPSA) is 99.1 Å². The molecule has 0 heterocycles. The van der Waals surface area contributed by atoms with Crippen LogP contribution in [0.2, 0.25) is 0 Å². The predicted octanol–water partition coefficient (Wildman–Crippen LogP) is 12.8. The van der Waals surface area contributed by atoms with Gasteiger partial charge < -0.3 is 23.8 Å². The number of hydrogen-bond donors (Lipinski definition) is 1. The number of allylic oxidation sites excluding steroid dienone is 8. The fourth-order valence-corrected chi connectivity index (χ4v) is 6.67. The molecule has 8 nitrogen and oxygen atoms in total. The van der Waals surface area contributed by atoms with E-state index in [9.17, 15) is 19.5 Å². The number of likely N-dealkylation sites (N-methyl/N-ethyl adjacent to an activating group) is 1. The van der Waals surface area contributed by atoms with Crippen LogP contribution < -0.4 is 0 Å². The lowest BCUT2D eigenvalue weighted by atomic mass is 10.0. The fraction of sp³-hybridized carbons (Fsp3) is 0.776. The van der Waals surface area contributed by atoms with Crippen LogP contribution in [0, 0.1) is 0 Å². The zero-order valence-corrected chi connectivity index (χ0v) is 37.5. The molecule has 0 aromatic heterocycles. The van der Waals surface area contributed by atoms with Gasteiger partial charge in [0.2, 0.25) is 0 Å². The molecule has 0 radical (unpaired) electrons. The molecule has 0 rings (SSSR count). The first-order chi connectivity index (χ1) is 27.6. The second-order valence-electron chi connectivity index (χ2n) is 16.6. The highest BCUT2D eigenvalue weighted by atomic mass is 16.6. The maximum atomic E-state index is 12.7. The number of unbranched alkanes of at least 4 members (excludes halogenated alkanes) is 19. The van der Waals surface area contributed by atoms with Gasteiger partial charge in [-0.2, -0.15) is 0 Å². The van der Waals surface area contributed by atoms with E-state index in [0.29, 0.717) is 19.3 Å². The number of esters is 2. The molecule has 0 spiro atoms. The monoisotopic (exact) mass is 803 g/mol. The highest BCUT2D eigenvalue weighted by Gasteiger charge is 2.31. The highest BCUT2D eigenvalue weighted by molar-refractivity contribution is 5.72. The van der Waals surface area contributed by atoms with Gasteiger partial charge in [0, 0.05) is 19.3 Å². The molecule has 0 bridgehead atoms. The van der Waals surface area contributed by atoms with E-state index in [2.05, 4.69) is 62.5 Å². The molecule has 0 aromatic rings. The molecule has 0 amide bonds. The molecule has 0 saturated carbocycles. The average molecular weight is 803 g/mol. The summed E-state index contributed by atoms with van der Waals surface area (Å²) in [6.07, 6.45) is 47.3. The van der Waals surface area contributed by atoms with Gasteiger partial charge in [-0.1, -0.05) is 172 Å². The molecule has 0 aliphatic heterocycles. The fourth-order valence-electron chi connectivity index (χ4n) is 6.67. The molecule has 57 heavy (non-hydrogen) atoms. The molecule has 1 N–H and O–H groups in total. The van der Waals surface area contributed by atoms with Crippen molar-refractivity contribution in [2.45, 2.75) is 206 Å². The Hall–Kier alpha value is -2.71. The smallest absolute Gasteiger partial charge is 0.362 e. The third kappa shape index (κ3) is 38.6. The Morgan fingerprint density at radius 2 is 0.982 bits per heavy atom. The van der Waals surface area contributed by atoms with Crippen molar-refractivity contribution < 1.29 is 38.2 Å². The van der Waals surface area contributed by atoms with Crippen molar-refractivity contribution in [2.24, 2.45) is 0 Å². The number of carbonyl (C=O) groups is 3. The number of quaternary nitrogens is 1. The maximum absolute atomic E-state index is 12.7. The van der Waals surface area contributed by atoms with Gasteiger partial charge in [-0.25, -0.2) is 4.79 Å². The summed E-state index contributed by atoms with van der Waals surface area (Å²) in [6.45, 7) is 4.61. The van der Waals surface area contributed by atoms with E-state index in [1.807, 2.05) is 21.1 Å². The van der Waals surface area contributed by atoms with Crippen molar-refractivity contribution in [2.75, 3.05) is 41.0 Å². The Balaban J connectivity index is 4.22. The Kier molecular flexibility index (Phi) is 38.2. The number of ether oxygens (including phenoxy) is 3. The van der Waals surface area contributed by atoms with E-state index >= 15 is 0 Å². The molecule has 8 heteroatoms. The Morgan fingerprint density at radius 3 is 1.46 bits per heavy atom. The number of hydrogen-bond acceptors (Lipinski definition) is 6. The number of carbonyl (C=O) groups excluding carboxylic acids is 2. The second-order valence-corrected chi connectivity index (χ2v) is 16.6. The molecule has 2 atom stereocenters. The van der Waals surface area contributed by atoms with Crippen molar-refractivity contribution in [3.63, 3.8) is 0 Å². The number of aliphatic carboxylic acids is 1. The minimum absolute atomic E-state index is 0.0511. The van der Waals surface area contributed by atoms with Crippen LogP contribution in [0.3, 0.4) is 0 Å². The van der Waals surface area contributed by atoms with Gasteiger partial charge in [-0.05, 0) is 51.4 Å². The van der Waals surface area contributed by atoms with E-state index in [1.165, 1.54) is 96.3 Å². The van der Waals surface area contributed by atoms with Crippen LogP contribution in [-0.2, 0) is 28.6 Å². The van der Waals surface area contributed by atoms with Gasteiger partial charge in [0.1, 0.15) is 6.61 Å². The standard InChI is InChI=1S/C49H87NO7/c1-6-8-10-12-14-16-18-19-20-21-22-23-24-25-26-27-28-29-30-32-34-36-38-40-48(52)57-45(43-55-42-41-46(49(53)54)50(3,4)5)44-56-47(51)39-37-35-33-31-17-15-13-11-9-7-2/h8,10,14,16,19-20,22-23,45-46H,6-7,9,11-13,15,17-18,21,24-44H2,1-5H3/p+1/b10-8+,16-14+,20-19+,23-22+. The van der Waals surface area contributed by atoms with E-state index < -0.39 is 18.1 Å². The first kappa shape index (κ1) is 54.3. The second kappa shape index (κ2) is 40.1. The molecule has 0 fully saturated rings. The summed E-state index contributed by atoms with van der Waals surface area (Å²) in [4.78, 5) is 36.9. The summed E-state index contributed by atoms with van der Waals surface area (Å²) in [5.74, 6) is -1.47. The minimum atomic E-state index is -0.876. The third-order valence-electron chi connectivity index (χ3n) is 10.2. The molecular formula is C49H88NO7+. The van der Waals surface area contributed by atoms with Gasteiger partial charge in [0.25, 0.3) is 0 Å². The van der Waals surface area contributed by atoms with Crippen LogP contribution in [0.25, 0.3) is 0 Å². The highest BCUT2D eigenvalue weighted by Crippen LogP contribution is 2.15. The van der Waals surface area contributed by atoms with E-state index in [1.54, 1.807) is 0 Å². The van der Waals surface area contributed by atoms with Crippen LogP contribution in [0.5, 0.6) is 0 Å². The van der Waals surface area contributed by atoms with Crippen molar-refractivity contribution in [3.05, 3.63) is 48.6 Å². The van der Waals surface area contributed by atoms with Crippen LogP contribution in [-0.4, -0.2) is 80.6 Å². The minimum Gasteiger partial charge on any atom is -0.477 e. The van der Waals surface area contributed by atoms with Crippen LogP contribution in [0.1, 0.15) is 194 Å². The van der Waals surface area contributed by atoms with Crippen LogP contribution >= 0.6 is 0 Å². The van der Waals surface area contributed by atoms with Crippen molar-refractivity contribution in [1.29, 1.82) is 0 Å². The van der Waals surface area contributed by atoms with Crippen molar-refractivity contribution in [1.82, 2.24) is 0 Å². The Bertz CT molecular complexity index is 1070. The molecule has 0 aromatic carbocycles. The summed E-state index contributed by atoms with van der Waals surface area (Å²) < 4.78 is 17.3.